The van der Waals surface area contributed by atoms with Crippen LogP contribution >= 0.6 is 11.3 Å². The normalized spacial score (nSPS) is 11.9. The van der Waals surface area contributed by atoms with E-state index in [9.17, 15) is 8.42 Å². The van der Waals surface area contributed by atoms with Crippen molar-refractivity contribution in [2.75, 3.05) is 0 Å². The first-order valence-electron chi connectivity index (χ1n) is 3.00. The van der Waals surface area contributed by atoms with Crippen molar-refractivity contribution in [3.8, 4) is 0 Å². The summed E-state index contributed by atoms with van der Waals surface area (Å²) in [5, 5.41) is 6.77. The predicted octanol–water partition coefficient (Wildman–Crippen LogP) is 1.01. The highest BCUT2D eigenvalue weighted by molar-refractivity contribution is 7.89. The molecule has 0 saturated heterocycles. The van der Waals surface area contributed by atoms with Gasteiger partial charge in [-0.3, -0.25) is 0 Å². The summed E-state index contributed by atoms with van der Waals surface area (Å²) in [7, 11) is -3.51. The highest BCUT2D eigenvalue weighted by Gasteiger charge is 2.15. The summed E-state index contributed by atoms with van der Waals surface area (Å²) in [4.78, 5) is 1.03. The summed E-state index contributed by atoms with van der Waals surface area (Å²) < 4.78 is 21.8. The van der Waals surface area contributed by atoms with Crippen LogP contribution in [0.15, 0.2) is 10.3 Å². The number of aryl methyl sites for hydroxylation is 2. The molecule has 1 aromatic heterocycles. The van der Waals surface area contributed by atoms with Crippen molar-refractivity contribution in [3.63, 3.8) is 0 Å². The second-order valence-corrected chi connectivity index (χ2v) is 4.93. The van der Waals surface area contributed by atoms with Crippen LogP contribution in [0.5, 0.6) is 0 Å². The van der Waals surface area contributed by atoms with Crippen LogP contribution in [0.25, 0.3) is 0 Å². The maximum atomic E-state index is 10.9. The number of nitrogens with two attached hydrogens (primary N) is 1. The van der Waals surface area contributed by atoms with Gasteiger partial charge in [0.05, 0.1) is 4.90 Å². The molecule has 5 heteroatoms. The Balaban J connectivity index is 3.45. The molecule has 0 amide bonds. The maximum absolute atomic E-state index is 10.9. The summed E-state index contributed by atoms with van der Waals surface area (Å²) in [5.41, 5.74) is 0.731. The zero-order valence-electron chi connectivity index (χ0n) is 6.29. The summed E-state index contributed by atoms with van der Waals surface area (Å²) in [6.45, 7) is 3.49. The molecule has 1 aromatic rings. The Labute approximate surface area is 69.9 Å². The van der Waals surface area contributed by atoms with Crippen LogP contribution in [0.2, 0.25) is 0 Å². The van der Waals surface area contributed by atoms with Gasteiger partial charge in [-0.1, -0.05) is 0 Å². The standard InChI is InChI=1S/C6H9NO2S2/c1-4-3-10-5(2)6(4)11(7,8)9/h3H,1-2H3,(H2,7,8,9). The molecule has 0 fully saturated rings. The Hall–Kier alpha value is -0.390. The number of hydrogen-bond donors (Lipinski definition) is 1. The lowest BCUT2D eigenvalue weighted by atomic mass is 10.3. The van der Waals surface area contributed by atoms with Crippen molar-refractivity contribution in [2.45, 2.75) is 18.7 Å². The van der Waals surface area contributed by atoms with Crippen molar-refractivity contribution < 1.29 is 8.42 Å². The van der Waals surface area contributed by atoms with Crippen molar-refractivity contribution >= 4 is 21.4 Å². The van der Waals surface area contributed by atoms with E-state index in [0.717, 1.165) is 10.4 Å². The van der Waals surface area contributed by atoms with Gasteiger partial charge in [0.25, 0.3) is 0 Å². The van der Waals surface area contributed by atoms with E-state index in [1.54, 1.807) is 19.2 Å². The molecular weight excluding hydrogens is 182 g/mol. The lowest BCUT2D eigenvalue weighted by molar-refractivity contribution is 0.597. The number of primary sulfonamides is 1. The predicted molar refractivity (Wildman–Crippen MR) is 45.2 cm³/mol. The number of sulfonamides is 1. The van der Waals surface area contributed by atoms with Crippen molar-refractivity contribution in [1.82, 2.24) is 0 Å². The van der Waals surface area contributed by atoms with Crippen LogP contribution < -0.4 is 5.14 Å². The zero-order valence-corrected chi connectivity index (χ0v) is 7.92. The van der Waals surface area contributed by atoms with Crippen LogP contribution in [-0.2, 0) is 10.0 Å². The molecule has 2 N–H and O–H groups in total. The first-order valence-corrected chi connectivity index (χ1v) is 5.43. The average molecular weight is 191 g/mol. The summed E-state index contributed by atoms with van der Waals surface area (Å²) >= 11 is 1.40. The van der Waals surface area contributed by atoms with Crippen molar-refractivity contribution in [2.24, 2.45) is 5.14 Å². The molecule has 1 heterocycles. The van der Waals surface area contributed by atoms with Gasteiger partial charge in [-0.15, -0.1) is 11.3 Å². The van der Waals surface area contributed by atoms with Gasteiger partial charge in [-0.2, -0.15) is 0 Å². The van der Waals surface area contributed by atoms with Gasteiger partial charge >= 0.3 is 0 Å². The van der Waals surface area contributed by atoms with Crippen LogP contribution in [0, 0.1) is 13.8 Å². The van der Waals surface area contributed by atoms with E-state index in [0.29, 0.717) is 0 Å². The van der Waals surface area contributed by atoms with Crippen LogP contribution in [0.3, 0.4) is 0 Å². The van der Waals surface area contributed by atoms with Crippen molar-refractivity contribution in [1.29, 1.82) is 0 Å². The average Bonchev–Trinajstić information content (AvgIpc) is 2.08. The Morgan fingerprint density at radius 1 is 1.45 bits per heavy atom. The van der Waals surface area contributed by atoms with E-state index in [1.807, 2.05) is 0 Å². The van der Waals surface area contributed by atoms with Crippen LogP contribution in [0.4, 0.5) is 0 Å². The number of thiophene rings is 1. The van der Waals surface area contributed by atoms with Gasteiger partial charge < -0.3 is 0 Å². The smallest absolute Gasteiger partial charge is 0.225 e. The molecule has 3 nitrogen and oxygen atoms in total. The molecule has 0 radical (unpaired) electrons. The Kier molecular flexibility index (Phi) is 2.04. The zero-order chi connectivity index (χ0) is 8.65. The van der Waals surface area contributed by atoms with E-state index < -0.39 is 10.0 Å². The van der Waals surface area contributed by atoms with Gasteiger partial charge in [-0.05, 0) is 24.8 Å². The third kappa shape index (κ3) is 1.61. The van der Waals surface area contributed by atoms with E-state index in [4.69, 9.17) is 5.14 Å². The molecule has 0 saturated carbocycles. The summed E-state index contributed by atoms with van der Waals surface area (Å²) in [6, 6.07) is 0. The SMILES string of the molecule is Cc1csc(C)c1S(N)(=O)=O. The number of rotatable bonds is 1. The van der Waals surface area contributed by atoms with Gasteiger partial charge in [-0.25, -0.2) is 13.6 Å². The van der Waals surface area contributed by atoms with Gasteiger partial charge in [0.1, 0.15) is 0 Å². The van der Waals surface area contributed by atoms with Gasteiger partial charge in [0.2, 0.25) is 10.0 Å². The molecule has 0 atom stereocenters. The summed E-state index contributed by atoms with van der Waals surface area (Å²) in [5.74, 6) is 0. The Morgan fingerprint density at radius 2 is 2.00 bits per heavy atom. The fourth-order valence-electron chi connectivity index (χ4n) is 0.986. The minimum atomic E-state index is -3.51. The third-order valence-corrected chi connectivity index (χ3v) is 3.73. The molecule has 0 unspecified atom stereocenters. The molecule has 11 heavy (non-hydrogen) atoms. The largest absolute Gasteiger partial charge is 0.239 e. The minimum absolute atomic E-state index is 0.280. The molecule has 0 aliphatic heterocycles. The monoisotopic (exact) mass is 191 g/mol. The maximum Gasteiger partial charge on any atom is 0.239 e. The van der Waals surface area contributed by atoms with Crippen LogP contribution in [0.1, 0.15) is 10.4 Å². The van der Waals surface area contributed by atoms with E-state index in [-0.39, 0.29) is 4.90 Å². The topological polar surface area (TPSA) is 60.2 Å². The van der Waals surface area contributed by atoms with E-state index in [1.165, 1.54) is 11.3 Å². The molecule has 0 bridgehead atoms. The van der Waals surface area contributed by atoms with Crippen molar-refractivity contribution in [3.05, 3.63) is 15.8 Å². The van der Waals surface area contributed by atoms with E-state index in [2.05, 4.69) is 0 Å². The van der Waals surface area contributed by atoms with Gasteiger partial charge in [0.15, 0.2) is 0 Å². The molecule has 0 spiro atoms. The van der Waals surface area contributed by atoms with E-state index >= 15 is 0 Å². The molecular formula is C6H9NO2S2. The lowest BCUT2D eigenvalue weighted by Crippen LogP contribution is -2.13. The first-order chi connectivity index (χ1) is 4.93. The Morgan fingerprint density at radius 3 is 2.18 bits per heavy atom. The second-order valence-electron chi connectivity index (χ2n) is 2.35. The first kappa shape index (κ1) is 8.70. The number of hydrogen-bond acceptors (Lipinski definition) is 3. The van der Waals surface area contributed by atoms with Crippen LogP contribution in [-0.4, -0.2) is 8.42 Å². The quantitative estimate of drug-likeness (QED) is 0.720. The molecule has 0 aliphatic rings. The second kappa shape index (κ2) is 2.58. The molecule has 0 aromatic carbocycles. The van der Waals surface area contributed by atoms with Gasteiger partial charge in [0, 0.05) is 4.88 Å². The summed E-state index contributed by atoms with van der Waals surface area (Å²) in [6.07, 6.45) is 0. The third-order valence-electron chi connectivity index (χ3n) is 1.37. The minimum Gasteiger partial charge on any atom is -0.225 e. The lowest BCUT2D eigenvalue weighted by Gasteiger charge is -1.96. The fraction of sp³-hybridized carbons (Fsp3) is 0.333. The fourth-order valence-corrected chi connectivity index (χ4v) is 3.20. The molecule has 1 rings (SSSR count). The Bertz CT molecular complexity index is 344. The highest BCUT2D eigenvalue weighted by atomic mass is 32.2. The molecule has 0 aliphatic carbocycles. The highest BCUT2D eigenvalue weighted by Crippen LogP contribution is 2.24. The molecule has 62 valence electrons.